The van der Waals surface area contributed by atoms with Crippen molar-refractivity contribution < 1.29 is 9.53 Å². The monoisotopic (exact) mass is 634 g/mol. The van der Waals surface area contributed by atoms with Crippen molar-refractivity contribution in [3.8, 4) is 0 Å². The van der Waals surface area contributed by atoms with Gasteiger partial charge in [0.05, 0.1) is 0 Å². The Balaban J connectivity index is 4.10. The molecular weight excluding hydrogens is 558 g/mol. The number of ether oxygens (including phenoxy) is 1. The molecule has 42 heavy (non-hydrogen) atoms. The van der Waals surface area contributed by atoms with Crippen LogP contribution in [0.2, 0.25) is 0 Å². The van der Waals surface area contributed by atoms with Crippen LogP contribution in [-0.4, -0.2) is 41.9 Å². The number of thiol groups is 1. The Kier molecular flexibility index (Phi) is 34.0. The number of hydrogen-bond donors (Lipinski definition) is 2. The zero-order valence-electron chi connectivity index (χ0n) is 29.0. The van der Waals surface area contributed by atoms with Gasteiger partial charge in [0, 0.05) is 0 Å². The first-order valence-electron chi connectivity index (χ1n) is 18.8. The number of esters is 1. The van der Waals surface area contributed by atoms with Crippen molar-refractivity contribution in [2.45, 2.75) is 206 Å². The Morgan fingerprint density at radius 1 is 0.571 bits per heavy atom. The van der Waals surface area contributed by atoms with E-state index in [0.717, 1.165) is 38.0 Å². The molecule has 0 aliphatic rings. The first kappa shape index (κ1) is 42.1. The van der Waals surface area contributed by atoms with Crippen LogP contribution in [0.15, 0.2) is 0 Å². The van der Waals surface area contributed by atoms with Gasteiger partial charge in [0.15, 0.2) is 5.56 Å². The summed E-state index contributed by atoms with van der Waals surface area (Å²) in [5, 5.41) is 3.56. The Labute approximate surface area is 272 Å². The van der Waals surface area contributed by atoms with Crippen LogP contribution in [0.25, 0.3) is 0 Å². The average Bonchev–Trinajstić information content (AvgIpc) is 2.98. The minimum Gasteiger partial charge on any atom is -0.445 e. The lowest BCUT2D eigenvalue weighted by atomic mass is 10.0. The molecule has 0 aliphatic carbocycles. The van der Waals surface area contributed by atoms with Crippen LogP contribution >= 0.6 is 22.5 Å². The fourth-order valence-electron chi connectivity index (χ4n) is 5.67. The summed E-state index contributed by atoms with van der Waals surface area (Å²) >= 11 is 6.48. The zero-order chi connectivity index (χ0) is 30.9. The minimum absolute atomic E-state index is 0.00415. The van der Waals surface area contributed by atoms with Crippen molar-refractivity contribution in [1.29, 1.82) is 0 Å². The largest absolute Gasteiger partial charge is 0.445 e. The van der Waals surface area contributed by atoms with Gasteiger partial charge in [-0.25, -0.2) is 0 Å². The number of nitrogens with one attached hydrogen (secondary N) is 1. The highest BCUT2D eigenvalue weighted by molar-refractivity contribution is 8.16. The average molecular weight is 635 g/mol. The molecule has 3 atom stereocenters. The maximum atomic E-state index is 13.1. The Morgan fingerprint density at radius 3 is 1.43 bits per heavy atom. The normalized spacial score (nSPS) is 14.2. The third-order valence-electron chi connectivity index (χ3n) is 8.68. The molecule has 0 spiro atoms. The summed E-state index contributed by atoms with van der Waals surface area (Å²) in [4.78, 5) is 13.1. The summed E-state index contributed by atoms with van der Waals surface area (Å²) in [5.41, 5.74) is -0.490. The topological polar surface area (TPSA) is 38.3 Å². The third kappa shape index (κ3) is 30.1. The molecule has 0 rings (SSSR count). The van der Waals surface area contributed by atoms with Gasteiger partial charge >= 0.3 is 5.97 Å². The molecule has 0 radical (unpaired) electrons. The fourth-order valence-corrected chi connectivity index (χ4v) is 7.69. The molecule has 0 saturated heterocycles. The molecule has 0 saturated carbocycles. The highest BCUT2D eigenvalue weighted by Crippen LogP contribution is 2.24. The van der Waals surface area contributed by atoms with Crippen LogP contribution in [0.3, 0.4) is 0 Å². The van der Waals surface area contributed by atoms with E-state index in [1.165, 1.54) is 153 Å². The number of carbonyl (C=O) groups is 1. The van der Waals surface area contributed by atoms with E-state index in [4.69, 9.17) is 16.3 Å². The molecule has 5 heteroatoms. The second kappa shape index (κ2) is 34.0. The second-order valence-corrected chi connectivity index (χ2v) is 16.1. The fraction of sp³-hybridized carbons (Fsp3) is 0.973. The molecule has 1 N–H and O–H groups in total. The first-order chi connectivity index (χ1) is 20.5. The maximum Gasteiger partial charge on any atom is 0.324 e. The van der Waals surface area contributed by atoms with Crippen LogP contribution < -0.4 is 5.32 Å². The predicted molar refractivity (Wildman–Crippen MR) is 194 cm³/mol. The van der Waals surface area contributed by atoms with Crippen molar-refractivity contribution in [2.24, 2.45) is 0 Å². The SMILES string of the molecule is CCCCCCCCCCCCCCCCN[C@H](CC[SH](C)CCCC)C(=O)OC(Cl)CCCCCCCCCCC. The first-order valence-corrected chi connectivity index (χ1v) is 21.4. The standard InChI is InChI=1S/C37H76ClNO2S/c1-5-8-11-13-15-17-18-19-20-21-23-25-27-29-32-39-35(31-34-42(4)33-10-7-3)37(40)41-36(38)30-28-26-24-22-16-14-12-9-6-2/h35-36,39,42H,5-34H2,1-4H3/t35-,36?/m1/s1. The number of rotatable bonds is 34. The Morgan fingerprint density at radius 2 is 0.976 bits per heavy atom. The molecule has 0 aromatic heterocycles. The van der Waals surface area contributed by atoms with E-state index < -0.39 is 5.56 Å². The van der Waals surface area contributed by atoms with Crippen molar-refractivity contribution in [3.63, 3.8) is 0 Å². The molecule has 254 valence electrons. The number of carbonyl (C=O) groups excluding carboxylic acids is 1. The zero-order valence-corrected chi connectivity index (χ0v) is 30.7. The molecule has 0 aromatic rings. The molecule has 0 aromatic carbocycles. The van der Waals surface area contributed by atoms with Gasteiger partial charge in [-0.15, -0.1) is 0 Å². The predicted octanol–water partition coefficient (Wildman–Crippen LogP) is 12.3. The van der Waals surface area contributed by atoms with Gasteiger partial charge in [0.2, 0.25) is 0 Å². The van der Waals surface area contributed by atoms with Crippen LogP contribution in [-0.2, 0) is 9.53 Å². The van der Waals surface area contributed by atoms with Crippen LogP contribution in [0.4, 0.5) is 0 Å². The van der Waals surface area contributed by atoms with Crippen molar-refractivity contribution in [3.05, 3.63) is 0 Å². The smallest absolute Gasteiger partial charge is 0.324 e. The lowest BCUT2D eigenvalue weighted by molar-refractivity contribution is -0.148. The highest BCUT2D eigenvalue weighted by Gasteiger charge is 2.22. The van der Waals surface area contributed by atoms with Gasteiger partial charge in [-0.3, -0.25) is 15.7 Å². The van der Waals surface area contributed by atoms with E-state index in [9.17, 15) is 4.79 Å². The van der Waals surface area contributed by atoms with E-state index >= 15 is 0 Å². The molecule has 3 nitrogen and oxygen atoms in total. The lowest BCUT2D eigenvalue weighted by Gasteiger charge is -2.23. The van der Waals surface area contributed by atoms with Gasteiger partial charge in [-0.05, 0) is 56.4 Å². The third-order valence-corrected chi connectivity index (χ3v) is 11.1. The van der Waals surface area contributed by atoms with E-state index in [1.807, 2.05) is 0 Å². The summed E-state index contributed by atoms with van der Waals surface area (Å²) in [5.74, 6) is 2.31. The minimum atomic E-state index is -0.490. The van der Waals surface area contributed by atoms with Crippen molar-refractivity contribution in [1.82, 2.24) is 5.32 Å². The van der Waals surface area contributed by atoms with Gasteiger partial charge in [0.1, 0.15) is 6.04 Å². The van der Waals surface area contributed by atoms with Crippen LogP contribution in [0.1, 0.15) is 194 Å². The van der Waals surface area contributed by atoms with Gasteiger partial charge in [0.25, 0.3) is 0 Å². The number of halogens is 1. The highest BCUT2D eigenvalue weighted by atomic mass is 35.5. The summed E-state index contributed by atoms with van der Waals surface area (Å²) in [7, 11) is -0.00415. The molecule has 2 unspecified atom stereocenters. The second-order valence-electron chi connectivity index (χ2n) is 13.0. The number of hydrogen-bond acceptors (Lipinski definition) is 3. The van der Waals surface area contributed by atoms with Gasteiger partial charge in [-0.1, -0.05) is 174 Å². The molecule has 0 bridgehead atoms. The summed E-state index contributed by atoms with van der Waals surface area (Å²) < 4.78 is 5.74. The lowest BCUT2D eigenvalue weighted by Crippen LogP contribution is -2.40. The van der Waals surface area contributed by atoms with Crippen LogP contribution in [0.5, 0.6) is 0 Å². The maximum absolute atomic E-state index is 13.1. The summed E-state index contributed by atoms with van der Waals surface area (Å²) in [6.07, 6.45) is 37.3. The molecular formula is C37H76ClNO2S. The van der Waals surface area contributed by atoms with Gasteiger partial charge in [-0.2, -0.15) is 0 Å². The van der Waals surface area contributed by atoms with Gasteiger partial charge < -0.3 is 10.1 Å². The Hall–Kier alpha value is 0.0700. The molecule has 0 fully saturated rings. The van der Waals surface area contributed by atoms with Crippen molar-refractivity contribution >= 4 is 28.5 Å². The van der Waals surface area contributed by atoms with E-state index in [2.05, 4.69) is 32.3 Å². The van der Waals surface area contributed by atoms with E-state index in [0.29, 0.717) is 0 Å². The number of unbranched alkanes of at least 4 members (excludes halogenated alkanes) is 22. The Bertz CT molecular complexity index is 550. The van der Waals surface area contributed by atoms with E-state index in [-0.39, 0.29) is 22.9 Å². The quantitative estimate of drug-likeness (QED) is 0.0320. The summed E-state index contributed by atoms with van der Waals surface area (Å²) in [6, 6.07) is -0.206. The van der Waals surface area contributed by atoms with E-state index in [1.54, 1.807) is 0 Å². The van der Waals surface area contributed by atoms with Crippen molar-refractivity contribution in [2.75, 3.05) is 24.3 Å². The summed E-state index contributed by atoms with van der Waals surface area (Å²) in [6.45, 7) is 7.72. The molecule has 0 heterocycles. The molecule has 0 amide bonds. The number of alkyl halides is 1. The van der Waals surface area contributed by atoms with Crippen LogP contribution in [0, 0.1) is 0 Å². The molecule has 0 aliphatic heterocycles.